The van der Waals surface area contributed by atoms with Gasteiger partial charge in [0.1, 0.15) is 12.4 Å². The summed E-state index contributed by atoms with van der Waals surface area (Å²) >= 11 is 3.09. The van der Waals surface area contributed by atoms with Crippen molar-refractivity contribution in [2.45, 2.75) is 32.8 Å². The van der Waals surface area contributed by atoms with E-state index in [9.17, 15) is 19.1 Å². The summed E-state index contributed by atoms with van der Waals surface area (Å²) in [7, 11) is 0. The number of carbonyl (C=O) groups is 2. The van der Waals surface area contributed by atoms with Gasteiger partial charge in [0.2, 0.25) is 0 Å². The number of carbonyl (C=O) groups excluding carboxylic acids is 2. The van der Waals surface area contributed by atoms with Gasteiger partial charge >= 0.3 is 11.9 Å². The molecule has 136 valence electrons. The summed E-state index contributed by atoms with van der Waals surface area (Å²) in [6.45, 7) is 4.43. The molecule has 1 unspecified atom stereocenters. The fraction of sp³-hybridized carbons (Fsp3) is 0.444. The molecule has 0 bridgehead atoms. The number of aliphatic hydroxyl groups excluding tert-OH is 1. The van der Waals surface area contributed by atoms with Crippen LogP contribution in [0.4, 0.5) is 4.39 Å². The highest BCUT2D eigenvalue weighted by atomic mass is 79.9. The van der Waals surface area contributed by atoms with E-state index in [1.54, 1.807) is 26.8 Å². The van der Waals surface area contributed by atoms with Crippen molar-refractivity contribution < 1.29 is 28.6 Å². The monoisotopic (exact) mass is 414 g/mol. The van der Waals surface area contributed by atoms with E-state index in [4.69, 9.17) is 9.47 Å². The Kier molecular flexibility index (Phi) is 5.68. The Morgan fingerprint density at radius 3 is 2.72 bits per heavy atom. The maximum Gasteiger partial charge on any atom is 0.334 e. The molecule has 2 rings (SSSR count). The molecule has 0 spiro atoms. The highest BCUT2D eigenvalue weighted by molar-refractivity contribution is 9.10. The highest BCUT2D eigenvalue weighted by Crippen LogP contribution is 2.33. The Morgan fingerprint density at radius 1 is 1.48 bits per heavy atom. The van der Waals surface area contributed by atoms with Crippen molar-refractivity contribution in [2.24, 2.45) is 5.41 Å². The van der Waals surface area contributed by atoms with Gasteiger partial charge in [0, 0.05) is 12.0 Å². The van der Waals surface area contributed by atoms with E-state index in [-0.39, 0.29) is 17.5 Å². The second kappa shape index (κ2) is 7.25. The topological polar surface area (TPSA) is 72.8 Å². The molecular formula is C18H20BrFO5. The number of cyclic esters (lactones) is 1. The van der Waals surface area contributed by atoms with Crippen molar-refractivity contribution in [3.05, 3.63) is 39.6 Å². The van der Waals surface area contributed by atoms with Crippen LogP contribution in [0.2, 0.25) is 0 Å². The first-order chi connectivity index (χ1) is 11.6. The summed E-state index contributed by atoms with van der Waals surface area (Å²) in [5.41, 5.74) is -1.06. The first kappa shape index (κ1) is 19.6. The molecule has 1 aromatic rings. The number of esters is 2. The largest absolute Gasteiger partial charge is 0.461 e. The van der Waals surface area contributed by atoms with Gasteiger partial charge in [-0.1, -0.05) is 6.07 Å². The third-order valence-electron chi connectivity index (χ3n) is 3.74. The van der Waals surface area contributed by atoms with E-state index < -0.39 is 35.4 Å². The normalized spacial score (nSPS) is 22.2. The van der Waals surface area contributed by atoms with Crippen molar-refractivity contribution in [1.29, 1.82) is 0 Å². The van der Waals surface area contributed by atoms with E-state index in [1.807, 2.05) is 0 Å². The third kappa shape index (κ3) is 4.67. The van der Waals surface area contributed by atoms with Crippen LogP contribution < -0.4 is 0 Å². The molecule has 5 nitrogen and oxygen atoms in total. The van der Waals surface area contributed by atoms with E-state index in [0.717, 1.165) is 0 Å². The number of benzene rings is 1. The SMILES string of the molecule is CC(C)(C)C(=O)OCC1(CO)C/C(=C\c2ccc(F)c(Br)c2)C(=O)O1. The lowest BCUT2D eigenvalue weighted by atomic mass is 9.96. The van der Waals surface area contributed by atoms with E-state index in [1.165, 1.54) is 18.2 Å². The van der Waals surface area contributed by atoms with Gasteiger partial charge in [0.05, 0.1) is 16.5 Å². The van der Waals surface area contributed by atoms with Gasteiger partial charge in [-0.25, -0.2) is 9.18 Å². The van der Waals surface area contributed by atoms with Crippen molar-refractivity contribution in [1.82, 2.24) is 0 Å². The zero-order valence-corrected chi connectivity index (χ0v) is 15.9. The van der Waals surface area contributed by atoms with E-state index in [2.05, 4.69) is 15.9 Å². The molecule has 0 amide bonds. The van der Waals surface area contributed by atoms with Crippen LogP contribution in [-0.4, -0.2) is 35.9 Å². The Labute approximate surface area is 153 Å². The maximum atomic E-state index is 13.3. The van der Waals surface area contributed by atoms with Crippen LogP contribution in [0.25, 0.3) is 6.08 Å². The summed E-state index contributed by atoms with van der Waals surface area (Å²) < 4.78 is 24.1. The molecule has 1 aliphatic rings. The molecule has 0 radical (unpaired) electrons. The lowest BCUT2D eigenvalue weighted by Gasteiger charge is -2.26. The van der Waals surface area contributed by atoms with Crippen LogP contribution in [0.15, 0.2) is 28.2 Å². The standard InChI is InChI=1S/C18H20BrFO5/c1-17(2,3)16(23)24-10-18(9-21)8-12(15(22)25-18)6-11-4-5-14(20)13(19)7-11/h4-7,21H,8-10H2,1-3H3/b12-6+. The van der Waals surface area contributed by atoms with Crippen LogP contribution in [0.5, 0.6) is 0 Å². The van der Waals surface area contributed by atoms with Crippen molar-refractivity contribution in [2.75, 3.05) is 13.2 Å². The second-order valence-corrected chi connectivity index (χ2v) is 7.93. The van der Waals surface area contributed by atoms with Gasteiger partial charge < -0.3 is 14.6 Å². The van der Waals surface area contributed by atoms with Gasteiger partial charge in [0.25, 0.3) is 0 Å². The van der Waals surface area contributed by atoms with Crippen molar-refractivity contribution in [3.63, 3.8) is 0 Å². The Bertz CT molecular complexity index is 723. The van der Waals surface area contributed by atoms with Crippen LogP contribution in [-0.2, 0) is 19.1 Å². The quantitative estimate of drug-likeness (QED) is 0.604. The van der Waals surface area contributed by atoms with Crippen molar-refractivity contribution >= 4 is 33.9 Å². The van der Waals surface area contributed by atoms with Crippen molar-refractivity contribution in [3.8, 4) is 0 Å². The van der Waals surface area contributed by atoms with Gasteiger partial charge in [-0.3, -0.25) is 4.79 Å². The molecule has 1 aromatic carbocycles. The predicted octanol–water partition coefficient (Wildman–Crippen LogP) is 3.24. The summed E-state index contributed by atoms with van der Waals surface area (Å²) in [4.78, 5) is 24.0. The van der Waals surface area contributed by atoms with E-state index >= 15 is 0 Å². The molecule has 25 heavy (non-hydrogen) atoms. The molecule has 7 heteroatoms. The molecule has 0 aliphatic carbocycles. The average molecular weight is 415 g/mol. The molecule has 1 atom stereocenters. The Morgan fingerprint density at radius 2 is 2.16 bits per heavy atom. The van der Waals surface area contributed by atoms with Crippen LogP contribution >= 0.6 is 15.9 Å². The molecule has 0 saturated carbocycles. The van der Waals surface area contributed by atoms with E-state index in [0.29, 0.717) is 11.1 Å². The van der Waals surface area contributed by atoms with Gasteiger partial charge in [-0.2, -0.15) is 0 Å². The second-order valence-electron chi connectivity index (χ2n) is 7.08. The Balaban J connectivity index is 2.16. The molecule has 0 aromatic heterocycles. The number of hydrogen-bond donors (Lipinski definition) is 1. The minimum Gasteiger partial charge on any atom is -0.461 e. The van der Waals surface area contributed by atoms with Gasteiger partial charge in [-0.15, -0.1) is 0 Å². The molecular weight excluding hydrogens is 395 g/mol. The maximum absolute atomic E-state index is 13.3. The van der Waals surface area contributed by atoms with Gasteiger partial charge in [-0.05, 0) is 60.5 Å². The zero-order chi connectivity index (χ0) is 18.8. The van der Waals surface area contributed by atoms with Crippen LogP contribution in [0.1, 0.15) is 32.8 Å². The number of halogens is 2. The predicted molar refractivity (Wildman–Crippen MR) is 93.0 cm³/mol. The summed E-state index contributed by atoms with van der Waals surface area (Å²) in [6, 6.07) is 4.34. The summed E-state index contributed by atoms with van der Waals surface area (Å²) in [5, 5.41) is 9.66. The number of rotatable bonds is 4. The lowest BCUT2D eigenvalue weighted by Crippen LogP contribution is -2.40. The van der Waals surface area contributed by atoms with Crippen LogP contribution in [0, 0.1) is 11.2 Å². The smallest absolute Gasteiger partial charge is 0.334 e. The third-order valence-corrected chi connectivity index (χ3v) is 4.34. The number of hydrogen-bond acceptors (Lipinski definition) is 5. The number of ether oxygens (including phenoxy) is 2. The number of aliphatic hydroxyl groups is 1. The fourth-order valence-corrected chi connectivity index (χ4v) is 2.66. The molecule has 1 N–H and O–H groups in total. The lowest BCUT2D eigenvalue weighted by molar-refractivity contribution is -0.171. The summed E-state index contributed by atoms with van der Waals surface area (Å²) in [6.07, 6.45) is 1.66. The summed E-state index contributed by atoms with van der Waals surface area (Å²) in [5.74, 6) is -1.45. The average Bonchev–Trinajstić information content (AvgIpc) is 2.84. The van der Waals surface area contributed by atoms with Gasteiger partial charge in [0.15, 0.2) is 5.60 Å². The minimum absolute atomic E-state index is 0.0920. The minimum atomic E-state index is -1.29. The van der Waals surface area contributed by atoms with Crippen LogP contribution in [0.3, 0.4) is 0 Å². The molecule has 1 aliphatic heterocycles. The molecule has 1 saturated heterocycles. The molecule has 1 heterocycles. The first-order valence-electron chi connectivity index (χ1n) is 7.73. The molecule has 1 fully saturated rings. The zero-order valence-electron chi connectivity index (χ0n) is 14.3. The Hall–Kier alpha value is -1.73. The first-order valence-corrected chi connectivity index (χ1v) is 8.53. The highest BCUT2D eigenvalue weighted by Gasteiger charge is 2.45. The fourth-order valence-electron chi connectivity index (χ4n) is 2.26.